The summed E-state index contributed by atoms with van der Waals surface area (Å²) in [5, 5.41) is 0. The fraction of sp³-hybridized carbons (Fsp3) is 0.500. The molecule has 0 aromatic heterocycles. The third-order valence-corrected chi connectivity index (χ3v) is 1.00. The molecule has 0 saturated carbocycles. The first-order chi connectivity index (χ1) is 4.22. The summed E-state index contributed by atoms with van der Waals surface area (Å²) in [7, 11) is 1.69. The summed E-state index contributed by atoms with van der Waals surface area (Å²) in [6, 6.07) is 0. The molecule has 0 atom stereocenters. The van der Waals surface area contributed by atoms with Crippen molar-refractivity contribution in [1.82, 2.24) is 4.90 Å². The molecular formula is C6H12N2O. The molecular weight excluding hydrogens is 116 g/mol. The van der Waals surface area contributed by atoms with Gasteiger partial charge in [0, 0.05) is 13.6 Å². The lowest BCUT2D eigenvalue weighted by Gasteiger charge is -2.12. The van der Waals surface area contributed by atoms with Gasteiger partial charge in [-0.2, -0.15) is 0 Å². The van der Waals surface area contributed by atoms with Crippen LogP contribution in [0.3, 0.4) is 0 Å². The van der Waals surface area contributed by atoms with Crippen molar-refractivity contribution >= 4 is 5.91 Å². The number of carbonyl (C=O) groups excluding carboxylic acids is 1. The summed E-state index contributed by atoms with van der Waals surface area (Å²) in [5.41, 5.74) is 5.08. The topological polar surface area (TPSA) is 46.3 Å². The monoisotopic (exact) mass is 128 g/mol. The van der Waals surface area contributed by atoms with Gasteiger partial charge in [0.1, 0.15) is 0 Å². The van der Waals surface area contributed by atoms with Crippen molar-refractivity contribution in [3.63, 3.8) is 0 Å². The largest absolute Gasteiger partial charge is 0.341 e. The molecule has 0 saturated heterocycles. The van der Waals surface area contributed by atoms with Gasteiger partial charge < -0.3 is 10.6 Å². The Kier molecular flexibility index (Phi) is 3.71. The average molecular weight is 128 g/mol. The summed E-state index contributed by atoms with van der Waals surface area (Å²) < 4.78 is 0. The first kappa shape index (κ1) is 8.17. The van der Waals surface area contributed by atoms with Crippen molar-refractivity contribution in [3.8, 4) is 0 Å². The third-order valence-electron chi connectivity index (χ3n) is 1.00. The van der Waals surface area contributed by atoms with Crippen LogP contribution in [0.5, 0.6) is 0 Å². The number of likely N-dealkylation sites (N-methyl/N-ethyl adjacent to an activating group) is 1. The van der Waals surface area contributed by atoms with E-state index in [1.165, 1.54) is 4.90 Å². The normalized spacial score (nSPS) is 8.67. The summed E-state index contributed by atoms with van der Waals surface area (Å²) in [5.74, 6) is -0.0603. The highest BCUT2D eigenvalue weighted by molar-refractivity contribution is 5.77. The Morgan fingerprint density at radius 2 is 2.44 bits per heavy atom. The van der Waals surface area contributed by atoms with E-state index < -0.39 is 0 Å². The van der Waals surface area contributed by atoms with Crippen LogP contribution < -0.4 is 5.73 Å². The molecule has 0 aromatic rings. The number of nitrogens with zero attached hydrogens (tertiary/aromatic N) is 1. The number of amides is 1. The van der Waals surface area contributed by atoms with Crippen LogP contribution in [0.25, 0.3) is 0 Å². The number of carbonyl (C=O) groups is 1. The summed E-state index contributed by atoms with van der Waals surface area (Å²) >= 11 is 0. The van der Waals surface area contributed by atoms with Gasteiger partial charge in [-0.15, -0.1) is 6.58 Å². The maximum atomic E-state index is 10.7. The molecule has 0 fully saturated rings. The predicted molar refractivity (Wildman–Crippen MR) is 36.9 cm³/mol. The minimum Gasteiger partial charge on any atom is -0.341 e. The maximum absolute atomic E-state index is 10.7. The van der Waals surface area contributed by atoms with E-state index in [1.807, 2.05) is 0 Å². The van der Waals surface area contributed by atoms with E-state index in [9.17, 15) is 4.79 Å². The Morgan fingerprint density at radius 1 is 1.89 bits per heavy atom. The Morgan fingerprint density at radius 3 is 2.78 bits per heavy atom. The van der Waals surface area contributed by atoms with Crippen LogP contribution in [0.1, 0.15) is 0 Å². The highest BCUT2D eigenvalue weighted by Crippen LogP contribution is 1.80. The molecule has 0 aromatic carbocycles. The first-order valence-corrected chi connectivity index (χ1v) is 2.77. The minimum absolute atomic E-state index is 0.0603. The van der Waals surface area contributed by atoms with Crippen LogP contribution in [-0.4, -0.2) is 30.9 Å². The van der Waals surface area contributed by atoms with Crippen LogP contribution in [0.15, 0.2) is 12.7 Å². The molecule has 0 radical (unpaired) electrons. The zero-order chi connectivity index (χ0) is 7.28. The van der Waals surface area contributed by atoms with E-state index in [2.05, 4.69) is 6.58 Å². The van der Waals surface area contributed by atoms with Crippen molar-refractivity contribution in [1.29, 1.82) is 0 Å². The molecule has 9 heavy (non-hydrogen) atoms. The van der Waals surface area contributed by atoms with Gasteiger partial charge in [0.15, 0.2) is 0 Å². The van der Waals surface area contributed by atoms with E-state index in [-0.39, 0.29) is 12.5 Å². The lowest BCUT2D eigenvalue weighted by atomic mass is 10.5. The fourth-order valence-electron chi connectivity index (χ4n) is 0.451. The summed E-state index contributed by atoms with van der Waals surface area (Å²) in [6.07, 6.45) is 1.66. The van der Waals surface area contributed by atoms with Gasteiger partial charge in [-0.05, 0) is 0 Å². The average Bonchev–Trinajstić information content (AvgIpc) is 1.87. The van der Waals surface area contributed by atoms with Crippen molar-refractivity contribution < 1.29 is 4.79 Å². The second kappa shape index (κ2) is 4.09. The van der Waals surface area contributed by atoms with Gasteiger partial charge >= 0.3 is 0 Å². The minimum atomic E-state index is -0.0603. The van der Waals surface area contributed by atoms with Crippen LogP contribution >= 0.6 is 0 Å². The van der Waals surface area contributed by atoms with Gasteiger partial charge in [-0.25, -0.2) is 0 Å². The Bertz CT molecular complexity index is 112. The molecule has 0 aliphatic carbocycles. The van der Waals surface area contributed by atoms with E-state index in [0.29, 0.717) is 6.54 Å². The van der Waals surface area contributed by atoms with Gasteiger partial charge in [-0.1, -0.05) is 6.08 Å². The maximum Gasteiger partial charge on any atom is 0.236 e. The van der Waals surface area contributed by atoms with Gasteiger partial charge in [0.25, 0.3) is 0 Å². The molecule has 0 heterocycles. The number of hydrogen-bond acceptors (Lipinski definition) is 2. The van der Waals surface area contributed by atoms with Crippen LogP contribution in [0.2, 0.25) is 0 Å². The summed E-state index contributed by atoms with van der Waals surface area (Å²) in [6.45, 7) is 4.12. The molecule has 0 aliphatic heterocycles. The number of rotatable bonds is 3. The fourth-order valence-corrected chi connectivity index (χ4v) is 0.451. The zero-order valence-corrected chi connectivity index (χ0v) is 5.63. The Labute approximate surface area is 55.1 Å². The first-order valence-electron chi connectivity index (χ1n) is 2.77. The lowest BCUT2D eigenvalue weighted by Crippen LogP contribution is -2.32. The molecule has 3 nitrogen and oxygen atoms in total. The third kappa shape index (κ3) is 2.87. The van der Waals surface area contributed by atoms with Crippen molar-refractivity contribution in [3.05, 3.63) is 12.7 Å². The van der Waals surface area contributed by atoms with Gasteiger partial charge in [-0.3, -0.25) is 4.79 Å². The molecule has 2 N–H and O–H groups in total. The Hall–Kier alpha value is -0.830. The smallest absolute Gasteiger partial charge is 0.236 e. The van der Waals surface area contributed by atoms with E-state index in [4.69, 9.17) is 5.73 Å². The molecule has 0 aliphatic rings. The van der Waals surface area contributed by atoms with Gasteiger partial charge in [0.05, 0.1) is 6.54 Å². The summed E-state index contributed by atoms with van der Waals surface area (Å²) in [4.78, 5) is 12.2. The second-order valence-electron chi connectivity index (χ2n) is 1.77. The van der Waals surface area contributed by atoms with E-state index >= 15 is 0 Å². The highest BCUT2D eigenvalue weighted by Gasteiger charge is 2.01. The molecule has 0 spiro atoms. The van der Waals surface area contributed by atoms with E-state index in [1.54, 1.807) is 13.1 Å². The number of hydrogen-bond donors (Lipinski definition) is 1. The second-order valence-corrected chi connectivity index (χ2v) is 1.77. The SMILES string of the molecule is C=CCN(C)C(=O)CN. The zero-order valence-electron chi connectivity index (χ0n) is 5.63. The van der Waals surface area contributed by atoms with Crippen LogP contribution in [0.4, 0.5) is 0 Å². The molecule has 0 unspecified atom stereocenters. The lowest BCUT2D eigenvalue weighted by molar-refractivity contribution is -0.127. The van der Waals surface area contributed by atoms with Crippen molar-refractivity contribution in [2.45, 2.75) is 0 Å². The van der Waals surface area contributed by atoms with Crippen LogP contribution in [0, 0.1) is 0 Å². The van der Waals surface area contributed by atoms with Crippen molar-refractivity contribution in [2.75, 3.05) is 20.1 Å². The molecule has 52 valence electrons. The standard InChI is InChI=1S/C6H12N2O/c1-3-4-8(2)6(9)5-7/h3H,1,4-5,7H2,2H3. The number of nitrogens with two attached hydrogens (primary N) is 1. The van der Waals surface area contributed by atoms with Gasteiger partial charge in [0.2, 0.25) is 5.91 Å². The molecule has 3 heteroatoms. The van der Waals surface area contributed by atoms with E-state index in [0.717, 1.165) is 0 Å². The molecule has 0 rings (SSSR count). The molecule has 0 bridgehead atoms. The Balaban J connectivity index is 3.58. The van der Waals surface area contributed by atoms with Crippen LogP contribution in [-0.2, 0) is 4.79 Å². The molecule has 1 amide bonds. The quantitative estimate of drug-likeness (QED) is 0.525. The van der Waals surface area contributed by atoms with Crippen molar-refractivity contribution in [2.24, 2.45) is 5.73 Å². The predicted octanol–water partition coefficient (Wildman–Crippen LogP) is -0.411. The highest BCUT2D eigenvalue weighted by atomic mass is 16.2.